The van der Waals surface area contributed by atoms with Crippen molar-refractivity contribution in [2.45, 2.75) is 24.0 Å². The van der Waals surface area contributed by atoms with E-state index >= 15 is 0 Å². The van der Waals surface area contributed by atoms with Crippen LogP contribution >= 0.6 is 11.8 Å². The van der Waals surface area contributed by atoms with Gasteiger partial charge in [0.2, 0.25) is 10.9 Å². The standard InChI is InChI=1S/C14H12N4O2S/c19-11(13-7-9-3-1-2-4-12(9)20-13)8-21-14-15-16-17-18(14)10-5-6-10/h1-4,7,10H,5-6,8H2. The van der Waals surface area contributed by atoms with Crippen LogP contribution in [-0.4, -0.2) is 31.7 Å². The van der Waals surface area contributed by atoms with Gasteiger partial charge >= 0.3 is 0 Å². The fourth-order valence-electron chi connectivity index (χ4n) is 2.15. The van der Waals surface area contributed by atoms with E-state index in [1.807, 2.05) is 24.3 Å². The Morgan fingerprint density at radius 2 is 2.24 bits per heavy atom. The molecule has 0 N–H and O–H groups in total. The first-order valence-corrected chi connectivity index (χ1v) is 7.72. The third-order valence-corrected chi connectivity index (χ3v) is 4.32. The number of carbonyl (C=O) groups excluding carboxylic acids is 1. The van der Waals surface area contributed by atoms with E-state index < -0.39 is 0 Å². The molecule has 0 bridgehead atoms. The zero-order valence-electron chi connectivity index (χ0n) is 11.1. The Morgan fingerprint density at radius 3 is 3.05 bits per heavy atom. The first kappa shape index (κ1) is 12.6. The second-order valence-corrected chi connectivity index (χ2v) is 5.94. The van der Waals surface area contributed by atoms with Crippen LogP contribution in [0.3, 0.4) is 0 Å². The quantitative estimate of drug-likeness (QED) is 0.533. The molecule has 7 heteroatoms. The number of aromatic nitrogens is 4. The van der Waals surface area contributed by atoms with E-state index in [-0.39, 0.29) is 11.5 Å². The van der Waals surface area contributed by atoms with Gasteiger partial charge in [0, 0.05) is 5.39 Å². The number of hydrogen-bond donors (Lipinski definition) is 0. The number of furan rings is 1. The lowest BCUT2D eigenvalue weighted by Crippen LogP contribution is -2.04. The van der Waals surface area contributed by atoms with Gasteiger partial charge < -0.3 is 4.42 Å². The van der Waals surface area contributed by atoms with E-state index in [9.17, 15) is 4.79 Å². The number of tetrazole rings is 1. The highest BCUT2D eigenvalue weighted by molar-refractivity contribution is 7.99. The SMILES string of the molecule is O=C(CSc1nnnn1C1CC1)c1cc2ccccc2o1. The number of ketones is 1. The number of benzene rings is 1. The Kier molecular flexibility index (Phi) is 2.99. The normalized spacial score (nSPS) is 14.7. The fourth-order valence-corrected chi connectivity index (χ4v) is 2.96. The van der Waals surface area contributed by atoms with Crippen molar-refractivity contribution < 1.29 is 9.21 Å². The van der Waals surface area contributed by atoms with Gasteiger partial charge in [0.15, 0.2) is 5.76 Å². The maximum absolute atomic E-state index is 12.2. The Bertz CT molecular complexity index is 773. The molecule has 1 aliphatic carbocycles. The molecule has 0 radical (unpaired) electrons. The Labute approximate surface area is 124 Å². The van der Waals surface area contributed by atoms with Crippen molar-refractivity contribution >= 4 is 28.5 Å². The smallest absolute Gasteiger partial charge is 0.210 e. The van der Waals surface area contributed by atoms with Gasteiger partial charge in [-0.2, -0.15) is 0 Å². The molecule has 21 heavy (non-hydrogen) atoms. The second kappa shape index (κ2) is 5.00. The minimum atomic E-state index is -0.0541. The van der Waals surface area contributed by atoms with Crippen molar-refractivity contribution in [3.8, 4) is 0 Å². The van der Waals surface area contributed by atoms with Gasteiger partial charge in [0.1, 0.15) is 5.58 Å². The second-order valence-electron chi connectivity index (χ2n) is 5.00. The Hall–Kier alpha value is -2.15. The molecule has 1 aliphatic rings. The number of para-hydroxylation sites is 1. The summed E-state index contributed by atoms with van der Waals surface area (Å²) in [4.78, 5) is 12.2. The molecular formula is C14H12N4O2S. The average molecular weight is 300 g/mol. The number of rotatable bonds is 5. The predicted octanol–water partition coefficient (Wildman–Crippen LogP) is 2.73. The first-order chi connectivity index (χ1) is 10.3. The number of Topliss-reactive ketones (excluding diaryl/α,β-unsaturated/α-hetero) is 1. The van der Waals surface area contributed by atoms with E-state index in [2.05, 4.69) is 15.5 Å². The third kappa shape index (κ3) is 2.44. The molecule has 0 amide bonds. The molecule has 0 aliphatic heterocycles. The molecule has 1 fully saturated rings. The van der Waals surface area contributed by atoms with Crippen LogP contribution in [0, 0.1) is 0 Å². The summed E-state index contributed by atoms with van der Waals surface area (Å²) >= 11 is 1.35. The number of nitrogens with zero attached hydrogens (tertiary/aromatic N) is 4. The molecule has 3 aromatic rings. The van der Waals surface area contributed by atoms with Crippen molar-refractivity contribution in [2.75, 3.05) is 5.75 Å². The summed E-state index contributed by atoms with van der Waals surface area (Å²) in [6, 6.07) is 9.78. The highest BCUT2D eigenvalue weighted by atomic mass is 32.2. The zero-order valence-corrected chi connectivity index (χ0v) is 11.9. The molecule has 0 spiro atoms. The van der Waals surface area contributed by atoms with Crippen LogP contribution in [0.1, 0.15) is 29.4 Å². The number of fused-ring (bicyclic) bond motifs is 1. The van der Waals surface area contributed by atoms with E-state index in [0.717, 1.165) is 23.8 Å². The summed E-state index contributed by atoms with van der Waals surface area (Å²) in [6.07, 6.45) is 2.21. The molecule has 1 saturated carbocycles. The maximum atomic E-state index is 12.2. The van der Waals surface area contributed by atoms with Gasteiger partial charge in [0.05, 0.1) is 11.8 Å². The Morgan fingerprint density at radius 1 is 1.38 bits per heavy atom. The summed E-state index contributed by atoms with van der Waals surface area (Å²) in [5.74, 6) is 0.600. The van der Waals surface area contributed by atoms with Gasteiger partial charge in [-0.25, -0.2) is 4.68 Å². The summed E-state index contributed by atoms with van der Waals surface area (Å²) in [7, 11) is 0. The van der Waals surface area contributed by atoms with Crippen LogP contribution in [-0.2, 0) is 0 Å². The first-order valence-electron chi connectivity index (χ1n) is 6.74. The van der Waals surface area contributed by atoms with Crippen molar-refractivity contribution in [1.82, 2.24) is 20.2 Å². The minimum Gasteiger partial charge on any atom is -0.453 e. The highest BCUT2D eigenvalue weighted by Gasteiger charge is 2.28. The van der Waals surface area contributed by atoms with Crippen LogP contribution in [0.4, 0.5) is 0 Å². The summed E-state index contributed by atoms with van der Waals surface area (Å²) in [5, 5.41) is 13.2. The number of thioether (sulfide) groups is 1. The average Bonchev–Trinajstić information content (AvgIpc) is 3.09. The number of hydrogen-bond acceptors (Lipinski definition) is 6. The molecule has 0 unspecified atom stereocenters. The molecule has 4 rings (SSSR count). The largest absolute Gasteiger partial charge is 0.453 e. The van der Waals surface area contributed by atoms with Gasteiger partial charge in [-0.15, -0.1) is 5.10 Å². The van der Waals surface area contributed by atoms with Crippen molar-refractivity contribution in [3.05, 3.63) is 36.1 Å². The predicted molar refractivity (Wildman–Crippen MR) is 77.4 cm³/mol. The van der Waals surface area contributed by atoms with Crippen molar-refractivity contribution in [2.24, 2.45) is 0 Å². The van der Waals surface area contributed by atoms with Crippen molar-refractivity contribution in [1.29, 1.82) is 0 Å². The molecule has 0 atom stereocenters. The highest BCUT2D eigenvalue weighted by Crippen LogP contribution is 2.36. The summed E-state index contributed by atoms with van der Waals surface area (Å²) in [6.45, 7) is 0. The molecule has 1 aromatic carbocycles. The fraction of sp³-hybridized carbons (Fsp3) is 0.286. The van der Waals surface area contributed by atoms with Crippen LogP contribution in [0.25, 0.3) is 11.0 Å². The third-order valence-electron chi connectivity index (χ3n) is 3.39. The lowest BCUT2D eigenvalue weighted by Gasteiger charge is -2.00. The lowest BCUT2D eigenvalue weighted by atomic mass is 10.2. The molecule has 2 aromatic heterocycles. The van der Waals surface area contributed by atoms with E-state index in [0.29, 0.717) is 17.0 Å². The van der Waals surface area contributed by atoms with Crippen LogP contribution in [0.2, 0.25) is 0 Å². The van der Waals surface area contributed by atoms with E-state index in [1.54, 1.807) is 10.7 Å². The minimum absolute atomic E-state index is 0.0541. The number of carbonyl (C=O) groups is 1. The zero-order chi connectivity index (χ0) is 14.2. The molecular weight excluding hydrogens is 288 g/mol. The van der Waals surface area contributed by atoms with Gasteiger partial charge in [-0.3, -0.25) is 4.79 Å². The topological polar surface area (TPSA) is 73.8 Å². The van der Waals surface area contributed by atoms with Crippen molar-refractivity contribution in [3.63, 3.8) is 0 Å². The van der Waals surface area contributed by atoms with Crippen LogP contribution in [0.15, 0.2) is 39.9 Å². The van der Waals surface area contributed by atoms with Gasteiger partial charge in [-0.1, -0.05) is 30.0 Å². The monoisotopic (exact) mass is 300 g/mol. The molecule has 6 nitrogen and oxygen atoms in total. The van der Waals surface area contributed by atoms with Crippen LogP contribution in [0.5, 0.6) is 0 Å². The molecule has 2 heterocycles. The van der Waals surface area contributed by atoms with Gasteiger partial charge in [0.25, 0.3) is 0 Å². The van der Waals surface area contributed by atoms with Gasteiger partial charge in [-0.05, 0) is 35.4 Å². The lowest BCUT2D eigenvalue weighted by molar-refractivity contribution is 0.0994. The van der Waals surface area contributed by atoms with E-state index in [4.69, 9.17) is 4.42 Å². The van der Waals surface area contributed by atoms with Crippen LogP contribution < -0.4 is 0 Å². The summed E-state index contributed by atoms with van der Waals surface area (Å²) in [5.41, 5.74) is 0.730. The Balaban J connectivity index is 1.49. The summed E-state index contributed by atoms with van der Waals surface area (Å²) < 4.78 is 7.37. The van der Waals surface area contributed by atoms with E-state index in [1.165, 1.54) is 11.8 Å². The molecule has 106 valence electrons. The molecule has 0 saturated heterocycles. The maximum Gasteiger partial charge on any atom is 0.210 e.